The van der Waals surface area contributed by atoms with Gasteiger partial charge < -0.3 is 15.8 Å². The summed E-state index contributed by atoms with van der Waals surface area (Å²) in [5.41, 5.74) is -0.521. The second-order valence-corrected chi connectivity index (χ2v) is 5.59. The summed E-state index contributed by atoms with van der Waals surface area (Å²) in [6, 6.07) is 0.0502. The third kappa shape index (κ3) is 3.80. The van der Waals surface area contributed by atoms with Crippen LogP contribution in [0.3, 0.4) is 0 Å². The van der Waals surface area contributed by atoms with Crippen LogP contribution in [0.4, 0.5) is 0 Å². The Hall–Kier alpha value is -1.36. The average Bonchev–Trinajstić information content (AvgIpc) is 2.32. The van der Waals surface area contributed by atoms with Crippen LogP contribution in [0.25, 0.3) is 0 Å². The molecule has 0 atom stereocenters. The van der Waals surface area contributed by atoms with Gasteiger partial charge >= 0.3 is 5.97 Å². The molecule has 0 aromatic carbocycles. The van der Waals surface area contributed by atoms with E-state index in [0.717, 1.165) is 31.9 Å². The van der Waals surface area contributed by atoms with Gasteiger partial charge in [0.25, 0.3) is 0 Å². The molecule has 0 aromatic heterocycles. The molecule has 1 aliphatic rings. The van der Waals surface area contributed by atoms with E-state index in [-0.39, 0.29) is 28.0 Å². The molecule has 106 valence electrons. The first-order valence-electron chi connectivity index (χ1n) is 6.21. The minimum absolute atomic E-state index is 0.0149. The van der Waals surface area contributed by atoms with Crippen molar-refractivity contribution >= 4 is 29.6 Å². The molecular formula is C13H19ClN2O3. The Morgan fingerprint density at radius 2 is 1.95 bits per heavy atom. The molecule has 19 heavy (non-hydrogen) atoms. The van der Waals surface area contributed by atoms with E-state index in [1.807, 2.05) is 6.92 Å². The Labute approximate surface area is 117 Å². The number of carbonyl (C=O) groups is 2. The predicted octanol–water partition coefficient (Wildman–Crippen LogP) is 2.30. The van der Waals surface area contributed by atoms with Gasteiger partial charge in [-0.2, -0.15) is 0 Å². The highest BCUT2D eigenvalue weighted by Crippen LogP contribution is 2.37. The summed E-state index contributed by atoms with van der Waals surface area (Å²) >= 11 is 5.88. The molecule has 1 rings (SSSR count). The fourth-order valence-corrected chi connectivity index (χ4v) is 2.52. The van der Waals surface area contributed by atoms with Crippen molar-refractivity contribution in [2.75, 3.05) is 0 Å². The molecule has 0 amide bonds. The van der Waals surface area contributed by atoms with Gasteiger partial charge in [-0.25, -0.2) is 4.79 Å². The van der Waals surface area contributed by atoms with E-state index in [1.165, 1.54) is 0 Å². The molecule has 0 aliphatic heterocycles. The normalized spacial score (nSPS) is 28.3. The van der Waals surface area contributed by atoms with Crippen LogP contribution in [-0.2, 0) is 9.59 Å². The standard InChI is InChI=1S/C13H19ClN2O3/c1-8(17)13(2)5-3-9(4-6-13)16-11(14)10(7-15)12(18)19/h7,9,15-16H,3-6H2,1-2H3,(H,18,19)/b11-10+,15-7?/t9-,13-. The van der Waals surface area contributed by atoms with Crippen molar-refractivity contribution < 1.29 is 14.7 Å². The second-order valence-electron chi connectivity index (χ2n) is 5.21. The summed E-state index contributed by atoms with van der Waals surface area (Å²) in [4.78, 5) is 22.4. The van der Waals surface area contributed by atoms with E-state index in [0.29, 0.717) is 0 Å². The number of ketones is 1. The number of Topliss-reactive ketones (excluding diaryl/α,β-unsaturated/α-hetero) is 1. The molecule has 0 unspecified atom stereocenters. The van der Waals surface area contributed by atoms with Gasteiger partial charge in [0.15, 0.2) is 0 Å². The van der Waals surface area contributed by atoms with Gasteiger partial charge in [0.05, 0.1) is 0 Å². The lowest BCUT2D eigenvalue weighted by molar-refractivity contribution is -0.132. The molecular weight excluding hydrogens is 268 g/mol. The smallest absolute Gasteiger partial charge is 0.340 e. The van der Waals surface area contributed by atoms with Gasteiger partial charge in [0.1, 0.15) is 16.5 Å². The van der Waals surface area contributed by atoms with Crippen LogP contribution in [0.15, 0.2) is 10.7 Å². The quantitative estimate of drug-likeness (QED) is 0.411. The van der Waals surface area contributed by atoms with E-state index in [2.05, 4.69) is 5.32 Å². The number of hydrogen-bond acceptors (Lipinski definition) is 4. The lowest BCUT2D eigenvalue weighted by Crippen LogP contribution is -2.38. The van der Waals surface area contributed by atoms with E-state index < -0.39 is 5.97 Å². The molecule has 1 saturated carbocycles. The number of rotatable bonds is 5. The van der Waals surface area contributed by atoms with Gasteiger partial charge in [-0.1, -0.05) is 18.5 Å². The van der Waals surface area contributed by atoms with Crippen LogP contribution in [-0.4, -0.2) is 29.1 Å². The number of carbonyl (C=O) groups excluding carboxylic acids is 1. The minimum atomic E-state index is -1.23. The summed E-state index contributed by atoms with van der Waals surface area (Å²) in [6.07, 6.45) is 3.77. The summed E-state index contributed by atoms with van der Waals surface area (Å²) in [5.74, 6) is -1.03. The first-order chi connectivity index (χ1) is 8.80. The average molecular weight is 287 g/mol. The zero-order valence-electron chi connectivity index (χ0n) is 11.1. The van der Waals surface area contributed by atoms with Crippen molar-refractivity contribution in [1.82, 2.24) is 5.32 Å². The summed E-state index contributed by atoms with van der Waals surface area (Å²) in [6.45, 7) is 3.57. The number of nitrogens with one attached hydrogen (secondary N) is 2. The highest BCUT2D eigenvalue weighted by molar-refractivity contribution is 6.34. The Kier molecular flexibility index (Phi) is 5.11. The van der Waals surface area contributed by atoms with E-state index in [1.54, 1.807) is 6.92 Å². The molecule has 0 heterocycles. The van der Waals surface area contributed by atoms with Crippen molar-refractivity contribution in [2.24, 2.45) is 5.41 Å². The molecule has 0 saturated heterocycles. The van der Waals surface area contributed by atoms with Gasteiger partial charge in [0, 0.05) is 17.7 Å². The van der Waals surface area contributed by atoms with Gasteiger partial charge in [-0.15, -0.1) is 0 Å². The highest BCUT2D eigenvalue weighted by atomic mass is 35.5. The maximum absolute atomic E-state index is 11.5. The van der Waals surface area contributed by atoms with E-state index in [4.69, 9.17) is 22.1 Å². The Morgan fingerprint density at radius 1 is 1.42 bits per heavy atom. The zero-order valence-corrected chi connectivity index (χ0v) is 11.9. The lowest BCUT2D eigenvalue weighted by Gasteiger charge is -2.36. The fraction of sp³-hybridized carbons (Fsp3) is 0.615. The van der Waals surface area contributed by atoms with Gasteiger partial charge in [-0.05, 0) is 32.6 Å². The second kappa shape index (κ2) is 6.19. The van der Waals surface area contributed by atoms with Gasteiger partial charge in [0.2, 0.25) is 0 Å². The number of aliphatic carboxylic acids is 1. The molecule has 1 fully saturated rings. The first kappa shape index (κ1) is 15.7. The maximum Gasteiger partial charge on any atom is 0.340 e. The van der Waals surface area contributed by atoms with Crippen LogP contribution < -0.4 is 5.32 Å². The summed E-state index contributed by atoms with van der Waals surface area (Å²) in [5, 5.41) is 18.8. The van der Waals surface area contributed by atoms with Crippen molar-refractivity contribution in [1.29, 1.82) is 5.41 Å². The Morgan fingerprint density at radius 3 is 2.32 bits per heavy atom. The number of carboxylic acid groups (broad SMARTS) is 1. The topological polar surface area (TPSA) is 90.3 Å². The molecule has 3 N–H and O–H groups in total. The maximum atomic E-state index is 11.5. The first-order valence-corrected chi connectivity index (χ1v) is 6.59. The van der Waals surface area contributed by atoms with Crippen molar-refractivity contribution in [2.45, 2.75) is 45.6 Å². The Balaban J connectivity index is 2.66. The summed E-state index contributed by atoms with van der Waals surface area (Å²) < 4.78 is 0. The van der Waals surface area contributed by atoms with Crippen LogP contribution in [0.5, 0.6) is 0 Å². The van der Waals surface area contributed by atoms with Crippen molar-refractivity contribution in [3.8, 4) is 0 Å². The molecule has 0 bridgehead atoms. The van der Waals surface area contributed by atoms with E-state index >= 15 is 0 Å². The predicted molar refractivity (Wildman–Crippen MR) is 73.5 cm³/mol. The van der Waals surface area contributed by atoms with Crippen LogP contribution in [0, 0.1) is 10.8 Å². The van der Waals surface area contributed by atoms with Crippen LogP contribution >= 0.6 is 11.6 Å². The molecule has 6 heteroatoms. The van der Waals surface area contributed by atoms with Crippen molar-refractivity contribution in [3.05, 3.63) is 10.7 Å². The fourth-order valence-electron chi connectivity index (χ4n) is 2.23. The van der Waals surface area contributed by atoms with Gasteiger partial charge in [-0.3, -0.25) is 4.79 Å². The SMILES string of the molecule is CC(=O)[C@]1(C)CC[C@@H](N/C(Cl)=C(\C=N)C(=O)O)CC1. The molecule has 0 spiro atoms. The largest absolute Gasteiger partial charge is 0.478 e. The van der Waals surface area contributed by atoms with Crippen LogP contribution in [0.1, 0.15) is 39.5 Å². The zero-order chi connectivity index (χ0) is 14.6. The summed E-state index contributed by atoms with van der Waals surface area (Å²) in [7, 11) is 0. The van der Waals surface area contributed by atoms with Crippen molar-refractivity contribution in [3.63, 3.8) is 0 Å². The number of hydrogen-bond donors (Lipinski definition) is 3. The minimum Gasteiger partial charge on any atom is -0.478 e. The lowest BCUT2D eigenvalue weighted by atomic mass is 9.71. The molecule has 5 nitrogen and oxygen atoms in total. The number of halogens is 1. The molecule has 0 radical (unpaired) electrons. The molecule has 0 aromatic rings. The molecule has 1 aliphatic carbocycles. The third-order valence-corrected chi connectivity index (χ3v) is 4.19. The third-order valence-electron chi connectivity index (χ3n) is 3.88. The number of carboxylic acids is 1. The highest BCUT2D eigenvalue weighted by Gasteiger charge is 2.35. The Bertz CT molecular complexity index is 424. The van der Waals surface area contributed by atoms with E-state index in [9.17, 15) is 9.59 Å². The van der Waals surface area contributed by atoms with Crippen LogP contribution in [0.2, 0.25) is 0 Å². The monoisotopic (exact) mass is 286 g/mol.